The van der Waals surface area contributed by atoms with Crippen LogP contribution in [0.2, 0.25) is 0 Å². The zero-order chi connectivity index (χ0) is 34.6. The summed E-state index contributed by atoms with van der Waals surface area (Å²) in [5.74, 6) is 0. The van der Waals surface area contributed by atoms with Crippen molar-refractivity contribution < 1.29 is 0 Å². The Kier molecular flexibility index (Phi) is 7.09. The van der Waals surface area contributed by atoms with Gasteiger partial charge in [-0.15, -0.1) is 0 Å². The number of hydrogen-bond acceptors (Lipinski definition) is 0. The summed E-state index contributed by atoms with van der Waals surface area (Å²) in [4.78, 5) is 0. The molecule has 10 rings (SSSR count). The van der Waals surface area contributed by atoms with Crippen molar-refractivity contribution in [1.29, 1.82) is 0 Å². The predicted molar refractivity (Wildman–Crippen MR) is 223 cm³/mol. The second-order valence-corrected chi connectivity index (χ2v) is 17.6. The molecular formula is C49H36N2Si. The summed E-state index contributed by atoms with van der Waals surface area (Å²) < 4.78 is 4.89. The Balaban J connectivity index is 1.23. The summed E-state index contributed by atoms with van der Waals surface area (Å²) in [6, 6.07) is 74.3. The summed E-state index contributed by atoms with van der Waals surface area (Å²) in [5, 5.41) is 10.5. The lowest BCUT2D eigenvalue weighted by Crippen LogP contribution is -2.74. The Hall–Kier alpha value is -6.42. The van der Waals surface area contributed by atoms with Crippen molar-refractivity contribution in [2.75, 3.05) is 0 Å². The molecule has 3 heteroatoms. The molecule has 0 atom stereocenters. The molecule has 0 bridgehead atoms. The molecule has 2 nitrogen and oxygen atoms in total. The lowest BCUT2D eigenvalue weighted by atomic mass is 10.1. The minimum Gasteiger partial charge on any atom is -0.309 e. The van der Waals surface area contributed by atoms with Crippen LogP contribution in [0.3, 0.4) is 0 Å². The number of nitrogens with zero attached hydrogens (tertiary/aromatic N) is 2. The Morgan fingerprint density at radius 2 is 0.731 bits per heavy atom. The molecule has 0 saturated heterocycles. The van der Waals surface area contributed by atoms with Crippen LogP contribution in [0.15, 0.2) is 200 Å². The van der Waals surface area contributed by atoms with E-state index in [1.54, 1.807) is 0 Å². The van der Waals surface area contributed by atoms with Gasteiger partial charge in [-0.3, -0.25) is 0 Å². The maximum atomic E-state index is 2.47. The molecule has 0 aliphatic rings. The second-order valence-electron chi connectivity index (χ2n) is 13.8. The molecule has 0 amide bonds. The van der Waals surface area contributed by atoms with E-state index in [0.717, 1.165) is 0 Å². The van der Waals surface area contributed by atoms with Crippen molar-refractivity contribution in [3.63, 3.8) is 0 Å². The van der Waals surface area contributed by atoms with E-state index in [1.807, 2.05) is 0 Å². The summed E-state index contributed by atoms with van der Waals surface area (Å²) in [6.45, 7) is 2.17. The van der Waals surface area contributed by atoms with Gasteiger partial charge in [0.05, 0.1) is 22.1 Å². The highest BCUT2D eigenvalue weighted by molar-refractivity contribution is 7.19. The Morgan fingerprint density at radius 1 is 0.308 bits per heavy atom. The minimum atomic E-state index is -2.70. The summed E-state index contributed by atoms with van der Waals surface area (Å²) in [6.07, 6.45) is 0. The third-order valence-corrected chi connectivity index (χ3v) is 15.7. The van der Waals surface area contributed by atoms with Crippen molar-refractivity contribution in [1.82, 2.24) is 9.13 Å². The molecule has 0 radical (unpaired) electrons. The van der Waals surface area contributed by atoms with Gasteiger partial charge in [0.1, 0.15) is 0 Å². The standard InChI is InChI=1S/C49H36N2Si/c1-35-28-30-48-44(32-35)42-24-11-13-26-46(42)51(48)37-29-31-49-45(34-37)43-25-12-14-27-47(43)50(49)36-16-15-23-41(33-36)52(38-17-5-2-6-18-38,39-19-7-3-8-20-39)40-21-9-4-10-22-40/h2-34H,1H3. The van der Waals surface area contributed by atoms with E-state index >= 15 is 0 Å². The van der Waals surface area contributed by atoms with Gasteiger partial charge in [0.25, 0.3) is 0 Å². The van der Waals surface area contributed by atoms with E-state index in [2.05, 4.69) is 216 Å². The number of rotatable bonds is 6. The van der Waals surface area contributed by atoms with Crippen LogP contribution in [0.25, 0.3) is 55.0 Å². The van der Waals surface area contributed by atoms with Gasteiger partial charge in [-0.05, 0) is 82.3 Å². The SMILES string of the molecule is Cc1ccc2c(c1)c1ccccc1n2-c1ccc2c(c1)c1ccccc1n2-c1cccc([Si](c2ccccc2)(c2ccccc2)c2ccccc2)c1. The predicted octanol–water partition coefficient (Wildman–Crippen LogP) is 9.57. The molecule has 52 heavy (non-hydrogen) atoms. The number of fused-ring (bicyclic) bond motifs is 6. The molecule has 0 N–H and O–H groups in total. The second kappa shape index (κ2) is 12.1. The lowest BCUT2D eigenvalue weighted by molar-refractivity contribution is 1.17. The third-order valence-electron chi connectivity index (χ3n) is 10.9. The molecule has 10 aromatic rings. The first-order valence-electron chi connectivity index (χ1n) is 18.0. The first-order valence-corrected chi connectivity index (χ1v) is 20.0. The van der Waals surface area contributed by atoms with E-state index < -0.39 is 8.07 Å². The fraction of sp³-hybridized carbons (Fsp3) is 0.0204. The topological polar surface area (TPSA) is 9.86 Å². The zero-order valence-electron chi connectivity index (χ0n) is 28.9. The van der Waals surface area contributed by atoms with E-state index in [9.17, 15) is 0 Å². The van der Waals surface area contributed by atoms with Gasteiger partial charge in [0, 0.05) is 32.9 Å². The van der Waals surface area contributed by atoms with Gasteiger partial charge in [-0.1, -0.05) is 151 Å². The Labute approximate surface area is 304 Å². The fourth-order valence-corrected chi connectivity index (χ4v) is 13.5. The van der Waals surface area contributed by atoms with Crippen LogP contribution < -0.4 is 20.7 Å². The molecule has 0 unspecified atom stereocenters. The highest BCUT2D eigenvalue weighted by Crippen LogP contribution is 2.37. The van der Waals surface area contributed by atoms with Crippen LogP contribution >= 0.6 is 0 Å². The molecular weight excluding hydrogens is 645 g/mol. The molecule has 0 aliphatic carbocycles. The normalized spacial score (nSPS) is 11.9. The molecule has 2 heterocycles. The largest absolute Gasteiger partial charge is 0.309 e. The Morgan fingerprint density at radius 3 is 1.29 bits per heavy atom. The van der Waals surface area contributed by atoms with Gasteiger partial charge in [0.15, 0.2) is 8.07 Å². The number of hydrogen-bond donors (Lipinski definition) is 0. The average molecular weight is 681 g/mol. The average Bonchev–Trinajstić information content (AvgIpc) is 3.72. The maximum Gasteiger partial charge on any atom is 0.179 e. The quantitative estimate of drug-likeness (QED) is 0.122. The lowest BCUT2D eigenvalue weighted by Gasteiger charge is -2.34. The van der Waals surface area contributed by atoms with Crippen molar-refractivity contribution >= 4 is 72.4 Å². The number of aryl methyl sites for hydroxylation is 1. The van der Waals surface area contributed by atoms with E-state index in [4.69, 9.17) is 0 Å². The van der Waals surface area contributed by atoms with Crippen LogP contribution in [0.5, 0.6) is 0 Å². The van der Waals surface area contributed by atoms with Gasteiger partial charge >= 0.3 is 0 Å². The van der Waals surface area contributed by atoms with Crippen molar-refractivity contribution in [2.45, 2.75) is 6.92 Å². The molecule has 0 aliphatic heterocycles. The molecule has 0 saturated carbocycles. The van der Waals surface area contributed by atoms with Gasteiger partial charge in [-0.2, -0.15) is 0 Å². The van der Waals surface area contributed by atoms with Crippen molar-refractivity contribution in [3.8, 4) is 11.4 Å². The van der Waals surface area contributed by atoms with Gasteiger partial charge in [-0.25, -0.2) is 0 Å². The van der Waals surface area contributed by atoms with E-state index in [1.165, 1.54) is 81.3 Å². The van der Waals surface area contributed by atoms with Crippen LogP contribution in [0, 0.1) is 6.92 Å². The monoisotopic (exact) mass is 680 g/mol. The third kappa shape index (κ3) is 4.56. The van der Waals surface area contributed by atoms with Crippen LogP contribution in [0.4, 0.5) is 0 Å². The fourth-order valence-electron chi connectivity index (χ4n) is 8.69. The molecule has 2 aromatic heterocycles. The van der Waals surface area contributed by atoms with Crippen LogP contribution in [0.1, 0.15) is 5.56 Å². The maximum absolute atomic E-state index is 2.70. The number of para-hydroxylation sites is 2. The first kappa shape index (κ1) is 30.4. The van der Waals surface area contributed by atoms with Gasteiger partial charge in [0.2, 0.25) is 0 Å². The highest BCUT2D eigenvalue weighted by atomic mass is 28.3. The Bertz CT molecular complexity index is 2810. The van der Waals surface area contributed by atoms with E-state index in [-0.39, 0.29) is 0 Å². The summed E-state index contributed by atoms with van der Waals surface area (Å²) >= 11 is 0. The number of benzene rings is 8. The molecule has 0 spiro atoms. The first-order chi connectivity index (χ1) is 25.7. The summed E-state index contributed by atoms with van der Waals surface area (Å²) in [7, 11) is -2.70. The smallest absolute Gasteiger partial charge is 0.179 e. The number of aromatic nitrogens is 2. The van der Waals surface area contributed by atoms with Gasteiger partial charge < -0.3 is 9.13 Å². The highest BCUT2D eigenvalue weighted by Gasteiger charge is 2.41. The summed E-state index contributed by atoms with van der Waals surface area (Å²) in [5.41, 5.74) is 8.47. The van der Waals surface area contributed by atoms with E-state index in [0.29, 0.717) is 0 Å². The van der Waals surface area contributed by atoms with Crippen LogP contribution in [-0.4, -0.2) is 17.2 Å². The van der Waals surface area contributed by atoms with Crippen molar-refractivity contribution in [3.05, 3.63) is 206 Å². The minimum absolute atomic E-state index is 1.17. The zero-order valence-corrected chi connectivity index (χ0v) is 29.9. The molecule has 246 valence electrons. The molecule has 0 fully saturated rings. The van der Waals surface area contributed by atoms with Crippen molar-refractivity contribution in [2.24, 2.45) is 0 Å². The van der Waals surface area contributed by atoms with Crippen LogP contribution in [-0.2, 0) is 0 Å². The molecule has 8 aromatic carbocycles.